The molecule has 17 aromatic carbocycles. The van der Waals surface area contributed by atoms with E-state index in [0.717, 1.165) is 73.8 Å². The van der Waals surface area contributed by atoms with E-state index >= 15 is 0 Å². The molecular formula is C114H85B2N7S. The van der Waals surface area contributed by atoms with E-state index in [1.807, 2.05) is 11.3 Å². The van der Waals surface area contributed by atoms with Crippen molar-refractivity contribution in [1.29, 1.82) is 0 Å². The Morgan fingerprint density at radius 2 is 0.605 bits per heavy atom. The topological polar surface area (TPSA) is 27.8 Å². The number of fused-ring (bicyclic) bond motifs is 18. The fourth-order valence-electron chi connectivity index (χ4n) is 21.8. The van der Waals surface area contributed by atoms with Crippen LogP contribution in [0.15, 0.2) is 406 Å². The molecule has 25 rings (SSSR count). The second-order valence-corrected chi connectivity index (χ2v) is 35.9. The molecule has 0 atom stereocenters. The summed E-state index contributed by atoms with van der Waals surface area (Å²) >= 11 is 1.93. The summed E-state index contributed by atoms with van der Waals surface area (Å²) in [6, 6.07) is 150. The smallest absolute Gasteiger partial charge is 0.247 e. The predicted molar refractivity (Wildman–Crippen MR) is 528 cm³/mol. The van der Waals surface area contributed by atoms with Gasteiger partial charge in [-0.25, -0.2) is 0 Å². The molecule has 0 saturated heterocycles. The van der Waals surface area contributed by atoms with Gasteiger partial charge in [0.25, 0.3) is 0 Å². The molecule has 4 aliphatic heterocycles. The van der Waals surface area contributed by atoms with Gasteiger partial charge in [-0.2, -0.15) is 0 Å². The summed E-state index contributed by atoms with van der Waals surface area (Å²) < 4.78 is 10.5. The average Bonchev–Trinajstić information content (AvgIpc) is 1.51. The van der Waals surface area contributed by atoms with Crippen molar-refractivity contribution in [2.75, 3.05) is 19.6 Å². The van der Waals surface area contributed by atoms with E-state index in [1.54, 1.807) is 0 Å². The van der Waals surface area contributed by atoms with Crippen LogP contribution in [0.25, 0.3) is 81.1 Å². The van der Waals surface area contributed by atoms with E-state index in [4.69, 9.17) is 0 Å². The number of rotatable bonds is 13. The summed E-state index contributed by atoms with van der Waals surface area (Å²) in [5.41, 5.74) is 40.9. The SMILES string of the molecule is Cc1cc2c3c(c1)C(C)(C)c1ccccc1B3c1ccc(N(c3ccccc3)c3ccccc3)c3c1n-2c1c2ccc(N(c4ccccc4)c4ccccc4)cc2n(-c2ccccc2)c31.Cc1cc2c3c(c1)C(C)(C)c1ccccc1B3c1ccc(N(c3ccccc3)c3ccccc3)c3c4sc5cc(N(c6ccccc6)c6ccccc6)ccc5c4n-2c13. The van der Waals surface area contributed by atoms with Crippen LogP contribution in [0.4, 0.5) is 68.2 Å². The van der Waals surface area contributed by atoms with Gasteiger partial charge in [0.05, 0.1) is 49.2 Å². The van der Waals surface area contributed by atoms with Gasteiger partial charge in [0.1, 0.15) is 0 Å². The Hall–Kier alpha value is -14.8. The first-order chi connectivity index (χ1) is 60.9. The monoisotopic (exact) mass is 1610 g/mol. The summed E-state index contributed by atoms with van der Waals surface area (Å²) in [5, 5.41) is 5.01. The fraction of sp³-hybridized carbons (Fsp3) is 0.0702. The third-order valence-electron chi connectivity index (χ3n) is 27.0. The summed E-state index contributed by atoms with van der Waals surface area (Å²) in [6.07, 6.45) is 0. The zero-order chi connectivity index (χ0) is 82.8. The molecule has 7 nitrogen and oxygen atoms in total. The Morgan fingerprint density at radius 3 is 1.02 bits per heavy atom. The van der Waals surface area contributed by atoms with Gasteiger partial charge in [-0.1, -0.05) is 275 Å². The van der Waals surface area contributed by atoms with Crippen molar-refractivity contribution >= 4 is 190 Å². The standard InChI is InChI=1S/C60H45BN4.C54H40BN3S/c1-40-37-49-56-54(38-40)65-57-47-34-33-46(62(41-21-9-4-10-22-41)42-23-11-5-12-24-42)39-53(47)64(45-29-17-8-18-30-45)59(57)55-52(63(43-25-13-6-14-26-43)44-27-15-7-16-28-44)36-35-51(58(55)65)61(56)50-32-20-19-31-48(50)60(49,2)3;1-35-32-43-50-47(33-35)58-51-41-29-28-40(56(36-18-8-4-9-19-36)37-20-10-5-11-21-37)34-48(41)59-53(51)49-46(57(38-22-12-6-13-23-38)39-24-14-7-15-25-39)31-30-45(52(49)58)55(50)44-27-17-16-26-42(44)54(43,2)3/h4-39H,1-3H3;4-34H,1-3H3. The zero-order valence-corrected chi connectivity index (χ0v) is 70.7. The lowest BCUT2D eigenvalue weighted by molar-refractivity contribution is 0.644. The van der Waals surface area contributed by atoms with Crippen LogP contribution in [0.3, 0.4) is 0 Å². The summed E-state index contributed by atoms with van der Waals surface area (Å²) in [5.74, 6) is 0. The second kappa shape index (κ2) is 28.4. The highest BCUT2D eigenvalue weighted by molar-refractivity contribution is 7.27. The highest BCUT2D eigenvalue weighted by Crippen LogP contribution is 2.54. The normalized spacial score (nSPS) is 13.3. The van der Waals surface area contributed by atoms with Gasteiger partial charge in [-0.05, 0) is 239 Å². The number of anilines is 12. The second-order valence-electron chi connectivity index (χ2n) is 34.8. The fourth-order valence-corrected chi connectivity index (χ4v) is 23.1. The first kappa shape index (κ1) is 73.1. The number of nitrogens with zero attached hydrogens (tertiary/aromatic N) is 7. The first-order valence-electron chi connectivity index (χ1n) is 43.3. The molecule has 0 fully saturated rings. The van der Waals surface area contributed by atoms with Crippen LogP contribution in [0.5, 0.6) is 0 Å². The third kappa shape index (κ3) is 11.0. The maximum absolute atomic E-state index is 2.66. The summed E-state index contributed by atoms with van der Waals surface area (Å²) in [4.78, 5) is 9.67. The van der Waals surface area contributed by atoms with Crippen LogP contribution in [0.2, 0.25) is 0 Å². The van der Waals surface area contributed by atoms with E-state index in [1.165, 1.54) is 142 Å². The van der Waals surface area contributed by atoms with E-state index in [0.29, 0.717) is 0 Å². The molecule has 0 spiro atoms. The van der Waals surface area contributed by atoms with Gasteiger partial charge in [0, 0.05) is 111 Å². The van der Waals surface area contributed by atoms with Crippen molar-refractivity contribution in [1.82, 2.24) is 13.7 Å². The minimum absolute atomic E-state index is 0.0723. The van der Waals surface area contributed by atoms with Crippen molar-refractivity contribution in [3.63, 3.8) is 0 Å². The van der Waals surface area contributed by atoms with Gasteiger partial charge >= 0.3 is 0 Å². The van der Waals surface area contributed by atoms with Gasteiger partial charge in [0.15, 0.2) is 0 Å². The highest BCUT2D eigenvalue weighted by Gasteiger charge is 2.49. The van der Waals surface area contributed by atoms with Crippen molar-refractivity contribution < 1.29 is 0 Å². The minimum Gasteiger partial charge on any atom is -0.310 e. The number of hydrogen-bond acceptors (Lipinski definition) is 5. The first-order valence-corrected chi connectivity index (χ1v) is 44.1. The molecule has 0 N–H and O–H groups in total. The van der Waals surface area contributed by atoms with Crippen LogP contribution >= 0.6 is 11.3 Å². The molecule has 588 valence electrons. The molecule has 0 amide bonds. The Bertz CT molecular complexity index is 7660. The molecule has 0 radical (unpaired) electrons. The maximum atomic E-state index is 2.66. The molecule has 4 aliphatic rings. The third-order valence-corrected chi connectivity index (χ3v) is 28.1. The molecule has 0 unspecified atom stereocenters. The molecule has 10 heteroatoms. The number of aryl methyl sites for hydroxylation is 2. The van der Waals surface area contributed by atoms with Crippen molar-refractivity contribution in [3.05, 3.63) is 440 Å². The van der Waals surface area contributed by atoms with Crippen LogP contribution in [-0.4, -0.2) is 27.1 Å². The lowest BCUT2D eigenvalue weighted by Gasteiger charge is -2.42. The maximum Gasteiger partial charge on any atom is 0.247 e. The van der Waals surface area contributed by atoms with E-state index in [-0.39, 0.29) is 24.3 Å². The Morgan fingerprint density at radius 1 is 0.258 bits per heavy atom. The molecule has 4 aromatic heterocycles. The lowest BCUT2D eigenvalue weighted by Crippen LogP contribution is -2.63. The Balaban J connectivity index is 0.000000140. The zero-order valence-electron chi connectivity index (χ0n) is 69.9. The van der Waals surface area contributed by atoms with E-state index in [9.17, 15) is 0 Å². The van der Waals surface area contributed by atoms with E-state index < -0.39 is 0 Å². The molecule has 124 heavy (non-hydrogen) atoms. The largest absolute Gasteiger partial charge is 0.310 e. The summed E-state index contributed by atoms with van der Waals surface area (Å²) in [6.45, 7) is 14.4. The molecule has 0 aliphatic carbocycles. The molecule has 0 bridgehead atoms. The van der Waals surface area contributed by atoms with E-state index in [2.05, 4.69) is 481 Å². The quantitative estimate of drug-likeness (QED) is 0.108. The van der Waals surface area contributed by atoms with Gasteiger partial charge in [0.2, 0.25) is 13.4 Å². The Kier molecular flexibility index (Phi) is 16.7. The van der Waals surface area contributed by atoms with Gasteiger partial charge in [-0.3, -0.25) is 0 Å². The van der Waals surface area contributed by atoms with Crippen molar-refractivity contribution in [3.8, 4) is 17.1 Å². The minimum atomic E-state index is -0.186. The number of thiophene rings is 1. The number of benzene rings is 17. The Labute approximate surface area is 727 Å². The average molecular weight is 1610 g/mol. The predicted octanol–water partition coefficient (Wildman–Crippen LogP) is 26.2. The molecule has 8 heterocycles. The van der Waals surface area contributed by atoms with Crippen molar-refractivity contribution in [2.24, 2.45) is 0 Å². The van der Waals surface area contributed by atoms with Gasteiger partial charge < -0.3 is 33.3 Å². The van der Waals surface area contributed by atoms with Crippen LogP contribution in [0.1, 0.15) is 61.1 Å². The molecular weight excluding hydrogens is 1520 g/mol. The lowest BCUT2D eigenvalue weighted by atomic mass is 9.30. The molecule has 0 saturated carbocycles. The summed E-state index contributed by atoms with van der Waals surface area (Å²) in [7, 11) is 0. The van der Waals surface area contributed by atoms with Crippen LogP contribution < -0.4 is 52.4 Å². The molecule has 21 aromatic rings. The van der Waals surface area contributed by atoms with Crippen LogP contribution in [0, 0.1) is 13.8 Å². The van der Waals surface area contributed by atoms with Gasteiger partial charge in [-0.15, -0.1) is 11.3 Å². The van der Waals surface area contributed by atoms with Crippen molar-refractivity contribution in [2.45, 2.75) is 52.4 Å². The number of aromatic nitrogens is 3. The highest BCUT2D eigenvalue weighted by atomic mass is 32.1. The van der Waals surface area contributed by atoms with Crippen LogP contribution in [-0.2, 0) is 10.8 Å². The number of hydrogen-bond donors (Lipinski definition) is 0. The number of para-hydroxylation sites is 9.